The monoisotopic (exact) mass is 198 g/mol. The van der Waals surface area contributed by atoms with Gasteiger partial charge in [-0.2, -0.15) is 0 Å². The van der Waals surface area contributed by atoms with Crippen LogP contribution in [0.2, 0.25) is 0 Å². The van der Waals surface area contributed by atoms with Gasteiger partial charge in [0.2, 0.25) is 0 Å². The van der Waals surface area contributed by atoms with Crippen LogP contribution in [-0.2, 0) is 0 Å². The molecule has 4 N–H and O–H groups in total. The molecule has 0 aliphatic heterocycles. The summed E-state index contributed by atoms with van der Waals surface area (Å²) in [6, 6.07) is 0. The molecule has 0 radical (unpaired) electrons. The zero-order valence-corrected chi connectivity index (χ0v) is 8.25. The lowest BCUT2D eigenvalue weighted by molar-refractivity contribution is 0.998. The van der Waals surface area contributed by atoms with E-state index in [1.54, 1.807) is 0 Å². The Labute approximate surface area is 80.5 Å². The van der Waals surface area contributed by atoms with Crippen LogP contribution in [0.25, 0.3) is 0 Å². The van der Waals surface area contributed by atoms with Crippen molar-refractivity contribution in [1.82, 2.24) is 0 Å². The quantitative estimate of drug-likeness (QED) is 0.678. The van der Waals surface area contributed by atoms with E-state index in [9.17, 15) is 0 Å². The molecule has 0 bridgehead atoms. The molecule has 0 atom stereocenters. The number of rotatable bonds is 3. The zero-order chi connectivity index (χ0) is 7.11. The Bertz CT molecular complexity index is 122. The molecule has 0 saturated carbocycles. The maximum atomic E-state index is 5.49. The smallest absolute Gasteiger partial charge is 0.0270 e. The van der Waals surface area contributed by atoms with E-state index in [2.05, 4.69) is 0 Å². The van der Waals surface area contributed by atoms with E-state index in [1.165, 1.54) is 0 Å². The van der Waals surface area contributed by atoms with Crippen molar-refractivity contribution in [3.05, 3.63) is 23.9 Å². The van der Waals surface area contributed by atoms with E-state index in [1.807, 2.05) is 25.2 Å². The topological polar surface area (TPSA) is 52.0 Å². The third kappa shape index (κ3) is 12.9. The van der Waals surface area contributed by atoms with Crippen LogP contribution in [0.4, 0.5) is 0 Å². The molecule has 11 heavy (non-hydrogen) atoms. The fourth-order valence-corrected chi connectivity index (χ4v) is 0.510. The molecule has 0 fully saturated rings. The Kier molecular flexibility index (Phi) is 19.4. The lowest BCUT2D eigenvalue weighted by Gasteiger charge is -1.89. The summed E-state index contributed by atoms with van der Waals surface area (Å²) in [7, 11) is 0. The Morgan fingerprint density at radius 2 is 1.91 bits per heavy atom. The van der Waals surface area contributed by atoms with Crippen LogP contribution in [0.15, 0.2) is 23.9 Å². The standard InChI is InChI=1S/C7H14N2.2ClH/c1-2-4-7(9)5-3-6-8;;/h2,4-5H,3,6,8-9H2,1H3;2*1H. The average Bonchev–Trinajstić information content (AvgIpc) is 1.85. The molecule has 0 aliphatic rings. The Morgan fingerprint density at radius 3 is 2.27 bits per heavy atom. The van der Waals surface area contributed by atoms with Gasteiger partial charge in [0.1, 0.15) is 0 Å². The average molecular weight is 199 g/mol. The van der Waals surface area contributed by atoms with Gasteiger partial charge in [0.15, 0.2) is 0 Å². The number of hydrogen-bond acceptors (Lipinski definition) is 2. The maximum absolute atomic E-state index is 5.49. The van der Waals surface area contributed by atoms with E-state index in [0.717, 1.165) is 12.1 Å². The Balaban J connectivity index is -0.000000320. The molecule has 0 rings (SSSR count). The Morgan fingerprint density at radius 1 is 1.36 bits per heavy atom. The van der Waals surface area contributed by atoms with Crippen LogP contribution >= 0.6 is 24.8 Å². The van der Waals surface area contributed by atoms with E-state index < -0.39 is 0 Å². The van der Waals surface area contributed by atoms with Gasteiger partial charge >= 0.3 is 0 Å². The van der Waals surface area contributed by atoms with Crippen molar-refractivity contribution in [3.8, 4) is 0 Å². The summed E-state index contributed by atoms with van der Waals surface area (Å²) in [6.07, 6.45) is 6.54. The molecule has 0 heterocycles. The summed E-state index contributed by atoms with van der Waals surface area (Å²) in [5.41, 5.74) is 11.5. The van der Waals surface area contributed by atoms with Gasteiger partial charge < -0.3 is 11.5 Å². The molecule has 0 aromatic carbocycles. The first-order valence-corrected chi connectivity index (χ1v) is 3.09. The molecule has 0 unspecified atom stereocenters. The second kappa shape index (κ2) is 12.5. The summed E-state index contributed by atoms with van der Waals surface area (Å²) >= 11 is 0. The molecule has 68 valence electrons. The molecule has 0 saturated heterocycles. The molecule has 2 nitrogen and oxygen atoms in total. The summed E-state index contributed by atoms with van der Waals surface area (Å²) < 4.78 is 0. The summed E-state index contributed by atoms with van der Waals surface area (Å²) in [6.45, 7) is 2.60. The van der Waals surface area contributed by atoms with Crippen molar-refractivity contribution >= 4 is 24.8 Å². The third-order valence-corrected chi connectivity index (χ3v) is 0.906. The molecule has 0 aromatic rings. The fraction of sp³-hybridized carbons (Fsp3) is 0.429. The number of hydrogen-bond donors (Lipinski definition) is 2. The van der Waals surface area contributed by atoms with Gasteiger partial charge in [0.25, 0.3) is 0 Å². The summed E-state index contributed by atoms with van der Waals surface area (Å²) in [5.74, 6) is 0. The molecular formula is C7H16Cl2N2. The highest BCUT2D eigenvalue weighted by molar-refractivity contribution is 5.85. The van der Waals surface area contributed by atoms with Gasteiger partial charge in [-0.15, -0.1) is 24.8 Å². The predicted octanol–water partition coefficient (Wildman–Crippen LogP) is 1.60. The minimum Gasteiger partial charge on any atom is -0.399 e. The van der Waals surface area contributed by atoms with Crippen LogP contribution in [0, 0.1) is 0 Å². The summed E-state index contributed by atoms with van der Waals surface area (Å²) in [4.78, 5) is 0. The first kappa shape index (κ1) is 17.1. The van der Waals surface area contributed by atoms with E-state index in [-0.39, 0.29) is 24.8 Å². The maximum Gasteiger partial charge on any atom is 0.0270 e. The third-order valence-electron chi connectivity index (χ3n) is 0.906. The first-order chi connectivity index (χ1) is 4.31. The van der Waals surface area contributed by atoms with Crippen molar-refractivity contribution in [2.75, 3.05) is 6.54 Å². The SMILES string of the molecule is CC=CC(N)=CCCN.Cl.Cl. The fourth-order valence-electron chi connectivity index (χ4n) is 0.510. The van der Waals surface area contributed by atoms with Crippen molar-refractivity contribution in [2.45, 2.75) is 13.3 Å². The van der Waals surface area contributed by atoms with Gasteiger partial charge in [-0.3, -0.25) is 0 Å². The minimum atomic E-state index is 0. The number of halogens is 2. The van der Waals surface area contributed by atoms with Crippen LogP contribution in [0.1, 0.15) is 13.3 Å². The molecule has 0 aromatic heterocycles. The van der Waals surface area contributed by atoms with Crippen molar-refractivity contribution in [2.24, 2.45) is 11.5 Å². The van der Waals surface area contributed by atoms with Crippen LogP contribution < -0.4 is 11.5 Å². The van der Waals surface area contributed by atoms with Gasteiger partial charge in [0, 0.05) is 5.70 Å². The van der Waals surface area contributed by atoms with E-state index in [4.69, 9.17) is 11.5 Å². The van der Waals surface area contributed by atoms with Crippen molar-refractivity contribution in [1.29, 1.82) is 0 Å². The molecule has 0 aliphatic carbocycles. The van der Waals surface area contributed by atoms with Crippen molar-refractivity contribution < 1.29 is 0 Å². The highest BCUT2D eigenvalue weighted by Crippen LogP contribution is 1.88. The highest BCUT2D eigenvalue weighted by atomic mass is 35.5. The van der Waals surface area contributed by atoms with Crippen LogP contribution in [0.3, 0.4) is 0 Å². The van der Waals surface area contributed by atoms with Gasteiger partial charge in [-0.1, -0.05) is 12.2 Å². The zero-order valence-electron chi connectivity index (χ0n) is 6.62. The number of nitrogens with two attached hydrogens (primary N) is 2. The number of allylic oxidation sites excluding steroid dienone is 2. The largest absolute Gasteiger partial charge is 0.399 e. The van der Waals surface area contributed by atoms with E-state index in [0.29, 0.717) is 6.54 Å². The molecule has 0 amide bonds. The van der Waals surface area contributed by atoms with Gasteiger partial charge in [-0.05, 0) is 26.0 Å². The van der Waals surface area contributed by atoms with Gasteiger partial charge in [-0.25, -0.2) is 0 Å². The molecule has 0 spiro atoms. The first-order valence-electron chi connectivity index (χ1n) is 3.09. The highest BCUT2D eigenvalue weighted by Gasteiger charge is 1.78. The van der Waals surface area contributed by atoms with E-state index >= 15 is 0 Å². The Hall–Kier alpha value is -0.180. The minimum absolute atomic E-state index is 0. The normalized spacial score (nSPS) is 10.5. The molecular weight excluding hydrogens is 183 g/mol. The second-order valence-electron chi connectivity index (χ2n) is 1.78. The summed E-state index contributed by atoms with van der Waals surface area (Å²) in [5, 5.41) is 0. The lowest BCUT2D eigenvalue weighted by Crippen LogP contribution is -1.99. The van der Waals surface area contributed by atoms with Crippen LogP contribution in [0.5, 0.6) is 0 Å². The van der Waals surface area contributed by atoms with Crippen molar-refractivity contribution in [3.63, 3.8) is 0 Å². The van der Waals surface area contributed by atoms with Gasteiger partial charge in [0.05, 0.1) is 0 Å². The second-order valence-corrected chi connectivity index (χ2v) is 1.78. The molecule has 4 heteroatoms. The van der Waals surface area contributed by atoms with Crippen LogP contribution in [-0.4, -0.2) is 6.54 Å². The predicted molar refractivity (Wildman–Crippen MR) is 55.3 cm³/mol. The lowest BCUT2D eigenvalue weighted by atomic mass is 10.3.